The van der Waals surface area contributed by atoms with Crippen molar-refractivity contribution in [3.05, 3.63) is 114 Å². The van der Waals surface area contributed by atoms with E-state index in [4.69, 9.17) is 65.0 Å². The van der Waals surface area contributed by atoms with Gasteiger partial charge < -0.3 is 67.0 Å². The molecule has 0 amide bonds. The molecule has 574 valence electrons. The number of carbonyl (C=O) groups is 9. The summed E-state index contributed by atoms with van der Waals surface area (Å²) in [4.78, 5) is 132. The molecule has 2 unspecified atom stereocenters. The molecule has 4 aliphatic rings. The number of aliphatic hydroxyl groups is 1. The summed E-state index contributed by atoms with van der Waals surface area (Å²) in [5.41, 5.74) is -5.79. The van der Waals surface area contributed by atoms with Gasteiger partial charge in [0.1, 0.15) is 24.3 Å². The van der Waals surface area contributed by atoms with E-state index in [-0.39, 0.29) is 72.7 Å². The number of nitrogens with zero attached hydrogens (tertiary/aromatic N) is 4. The SMILES string of the molecule is C#C[C@]1(O)/C=C(\C)C(=O)[C@H](C)C[C@](C)(OC)[C@H](OC2O[C@H](C)C[C@H](N(C)C)[C@H]2OC(=O)c2ccccc2)[C@@H](C)C(=O)[C@@H](C)C(=O)O[C@@H]1CC.C#C[C@]1(OC(=O)n2ccnc2)/C=C(\C)C(=O)[C@H](C)C[C@](C)(OC)[C@H](OC2O[C@H](C)C[C@H](N(C)C)[C@H]2OC(=O)c2ccccc2)[C@@H](C)C(=O)[C@@H](C)C(=O)O[C@@H]1CC. The number of rotatable bonds is 15. The largest absolute Gasteiger partial charge is 0.457 e. The van der Waals surface area contributed by atoms with E-state index < -0.39 is 149 Å². The van der Waals surface area contributed by atoms with Gasteiger partial charge in [-0.2, -0.15) is 0 Å². The number of esters is 4. The molecule has 4 aliphatic heterocycles. The van der Waals surface area contributed by atoms with E-state index in [2.05, 4.69) is 16.8 Å². The Morgan fingerprint density at radius 1 is 0.619 bits per heavy atom. The standard InChI is InChI=1S/C42H55N3O11.C38H53NO10/c1-12-32-42(13-2,56-40(50)45-20-19-43-24-45)23-26(4)33(46)25(3)22-41(8,51-11)36(28(6)34(47)29(7)37(48)53-32)55-39-35(31(44(9)10)21-27(5)52-39)54-38(49)30-17-15-14-16-18-30;1-12-29-38(44,13-2)21-23(4)30(40)22(3)20-37(8,45-11)33(25(6)31(41)26(7)34(42)47-29)49-36-32(28(39(9)10)19-24(5)46-36)48-35(43)27-17-15-14-16-18-27/h2,14-20,23-25,27-29,31-32,35-36,39H,12,21-22H2,1,3-11H3;2,14-18,21-22,24-26,28-29,32-33,36,44H,12,19-20H2,1,3-11H3/b26-23+;23-21+/t25-,27-,28+,29-,31+,32-,35-,36-,39?,41+,42+;22-,24-,25+,26-,28+,29-,32-,33-,36?,37+,38+/m11/s1. The fourth-order valence-corrected chi connectivity index (χ4v) is 14.4. The fraction of sp³-hybridized carbons (Fsp3) is 0.600. The zero-order chi connectivity index (χ0) is 78.4. The molecule has 25 heteroatoms. The molecule has 0 saturated carbocycles. The minimum atomic E-state index is -2.08. The van der Waals surface area contributed by atoms with Gasteiger partial charge >= 0.3 is 30.0 Å². The number of allylic oxidation sites excluding steroid dienone is 2. The van der Waals surface area contributed by atoms with Crippen LogP contribution in [-0.4, -0.2) is 216 Å². The highest BCUT2D eigenvalue weighted by Gasteiger charge is 2.54. The van der Waals surface area contributed by atoms with Crippen LogP contribution in [0.3, 0.4) is 0 Å². The lowest BCUT2D eigenvalue weighted by Gasteiger charge is -2.47. The van der Waals surface area contributed by atoms with Gasteiger partial charge in [0.2, 0.25) is 5.60 Å². The molecule has 105 heavy (non-hydrogen) atoms. The number of hydrogen-bond acceptors (Lipinski definition) is 24. The van der Waals surface area contributed by atoms with E-state index >= 15 is 0 Å². The first-order valence-corrected chi connectivity index (χ1v) is 35.8. The van der Waals surface area contributed by atoms with Gasteiger partial charge in [-0.1, -0.05) is 89.8 Å². The number of benzene rings is 2. The van der Waals surface area contributed by atoms with Crippen LogP contribution in [0.25, 0.3) is 0 Å². The number of carbonyl (C=O) groups excluding carboxylic acids is 9. The fourth-order valence-electron chi connectivity index (χ4n) is 14.4. The first-order chi connectivity index (χ1) is 49.3. The summed E-state index contributed by atoms with van der Waals surface area (Å²) in [7, 11) is 10.4. The molecular formula is C80H108N4O21. The number of terminal acetylenes is 2. The highest BCUT2D eigenvalue weighted by atomic mass is 16.7. The Balaban J connectivity index is 0.000000332. The van der Waals surface area contributed by atoms with Gasteiger partial charge in [0.25, 0.3) is 0 Å². The lowest BCUT2D eigenvalue weighted by molar-refractivity contribution is -0.294. The van der Waals surface area contributed by atoms with E-state index in [0.29, 0.717) is 24.0 Å². The molecule has 25 nitrogen and oxygen atoms in total. The van der Waals surface area contributed by atoms with Crippen molar-refractivity contribution in [2.45, 2.75) is 231 Å². The number of likely N-dealkylation sites (N-methyl/N-ethyl adjacent to an activating group) is 2. The molecular weight excluding hydrogens is 1350 g/mol. The Bertz CT molecular complexity index is 3680. The second-order valence-corrected chi connectivity index (χ2v) is 29.1. The van der Waals surface area contributed by atoms with Crippen molar-refractivity contribution in [2.75, 3.05) is 42.4 Å². The summed E-state index contributed by atoms with van der Waals surface area (Å²) >= 11 is 0. The zero-order valence-electron chi connectivity index (χ0n) is 64.4. The van der Waals surface area contributed by atoms with Gasteiger partial charge in [-0.25, -0.2) is 23.9 Å². The Hall–Kier alpha value is -8.08. The highest BCUT2D eigenvalue weighted by molar-refractivity contribution is 6.01. The van der Waals surface area contributed by atoms with Gasteiger partial charge in [0.05, 0.1) is 58.8 Å². The van der Waals surface area contributed by atoms with E-state index in [1.165, 1.54) is 65.9 Å². The van der Waals surface area contributed by atoms with Crippen LogP contribution < -0.4 is 0 Å². The molecule has 5 heterocycles. The normalized spacial score (nSPS) is 35.9. The van der Waals surface area contributed by atoms with Crippen LogP contribution in [0.2, 0.25) is 0 Å². The third-order valence-corrected chi connectivity index (χ3v) is 20.7. The molecule has 1 aromatic heterocycles. The minimum absolute atomic E-state index is 0.0254. The van der Waals surface area contributed by atoms with Gasteiger partial charge in [-0.15, -0.1) is 12.8 Å². The van der Waals surface area contributed by atoms with Crippen LogP contribution in [0.15, 0.2) is 103 Å². The number of methoxy groups -OCH3 is 2. The molecule has 22 atom stereocenters. The van der Waals surface area contributed by atoms with Crippen molar-refractivity contribution >= 4 is 53.1 Å². The Labute approximate surface area is 618 Å². The first kappa shape index (κ1) is 85.8. The maximum absolute atomic E-state index is 14.4. The number of aromatic nitrogens is 2. The second-order valence-electron chi connectivity index (χ2n) is 29.1. The van der Waals surface area contributed by atoms with Crippen LogP contribution in [0, 0.1) is 60.2 Å². The molecule has 3 aromatic rings. The van der Waals surface area contributed by atoms with Gasteiger partial charge in [-0.05, 0) is 170 Å². The third kappa shape index (κ3) is 20.3. The third-order valence-electron chi connectivity index (χ3n) is 20.7. The summed E-state index contributed by atoms with van der Waals surface area (Å²) in [6.45, 7) is 23.1. The van der Waals surface area contributed by atoms with Crippen molar-refractivity contribution in [1.82, 2.24) is 19.4 Å². The number of Topliss-reactive ketones (excluding diaryl/α,β-unsaturated/α-hetero) is 4. The average molecular weight is 1460 g/mol. The number of cyclic esters (lactones) is 2. The summed E-state index contributed by atoms with van der Waals surface area (Å²) in [5.74, 6) is -6.17. The molecule has 1 N–H and O–H groups in total. The molecule has 0 spiro atoms. The van der Waals surface area contributed by atoms with Gasteiger partial charge in [0, 0.05) is 50.3 Å². The van der Waals surface area contributed by atoms with Crippen molar-refractivity contribution in [3.8, 4) is 24.7 Å². The van der Waals surface area contributed by atoms with Crippen LogP contribution in [-0.2, 0) is 80.9 Å². The predicted octanol–water partition coefficient (Wildman–Crippen LogP) is 9.19. The van der Waals surface area contributed by atoms with Gasteiger partial charge in [-0.3, -0.25) is 28.8 Å². The number of hydrogen-bond donors (Lipinski definition) is 1. The number of ketones is 4. The molecule has 2 aromatic carbocycles. The van der Waals surface area contributed by atoms with Crippen LogP contribution in [0.4, 0.5) is 4.79 Å². The summed E-state index contributed by atoms with van der Waals surface area (Å²) in [6.07, 6.45) is 9.01. The molecule has 0 aliphatic carbocycles. The van der Waals surface area contributed by atoms with Crippen LogP contribution >= 0.6 is 0 Å². The Kier molecular flexibility index (Phi) is 30.2. The van der Waals surface area contributed by atoms with Crippen LogP contribution in [0.5, 0.6) is 0 Å². The summed E-state index contributed by atoms with van der Waals surface area (Å²) < 4.78 is 69.2. The smallest absolute Gasteiger partial charge is 0.421 e. The van der Waals surface area contributed by atoms with Crippen molar-refractivity contribution in [1.29, 1.82) is 0 Å². The lowest BCUT2D eigenvalue weighted by Crippen LogP contribution is -2.60. The van der Waals surface area contributed by atoms with Crippen LogP contribution in [0.1, 0.15) is 156 Å². The lowest BCUT2D eigenvalue weighted by atomic mass is 9.77. The predicted molar refractivity (Wildman–Crippen MR) is 386 cm³/mol. The summed E-state index contributed by atoms with van der Waals surface area (Å²) in [5, 5.41) is 11.3. The second kappa shape index (κ2) is 37.0. The molecule has 2 saturated heterocycles. The highest BCUT2D eigenvalue weighted by Crippen LogP contribution is 2.41. The maximum atomic E-state index is 14.4. The average Bonchev–Trinajstić information content (AvgIpc) is 1.12. The zero-order valence-corrected chi connectivity index (χ0v) is 64.4. The van der Waals surface area contributed by atoms with E-state index in [0.717, 1.165) is 4.57 Å². The molecule has 0 bridgehead atoms. The minimum Gasteiger partial charge on any atom is -0.457 e. The van der Waals surface area contributed by atoms with E-state index in [1.807, 2.05) is 51.8 Å². The topological polar surface area (TPSA) is 300 Å². The molecule has 7 rings (SSSR count). The first-order valence-electron chi connectivity index (χ1n) is 35.8. The Morgan fingerprint density at radius 2 is 1.02 bits per heavy atom. The van der Waals surface area contributed by atoms with Crippen molar-refractivity contribution in [2.24, 2.45) is 35.5 Å². The van der Waals surface area contributed by atoms with Crippen molar-refractivity contribution < 1.29 is 100 Å². The Morgan fingerprint density at radius 3 is 1.37 bits per heavy atom. The number of imidazole rings is 1. The quantitative estimate of drug-likeness (QED) is 0.0641. The monoisotopic (exact) mass is 1460 g/mol. The molecule has 0 radical (unpaired) electrons. The summed E-state index contributed by atoms with van der Waals surface area (Å²) in [6, 6.07) is 16.5. The van der Waals surface area contributed by atoms with Gasteiger partial charge in [0.15, 0.2) is 59.6 Å². The molecule has 2 fully saturated rings. The van der Waals surface area contributed by atoms with Crippen molar-refractivity contribution in [3.63, 3.8) is 0 Å². The van der Waals surface area contributed by atoms with E-state index in [9.17, 15) is 48.3 Å². The van der Waals surface area contributed by atoms with E-state index in [1.54, 1.807) is 123 Å². The maximum Gasteiger partial charge on any atom is 0.421 e. The number of ether oxygens (including phenoxy) is 11.